The molecule has 0 fully saturated rings. The van der Waals surface area contributed by atoms with E-state index in [0.29, 0.717) is 39.9 Å². The van der Waals surface area contributed by atoms with E-state index in [-0.39, 0.29) is 36.6 Å². The third kappa shape index (κ3) is 3.12. The van der Waals surface area contributed by atoms with Gasteiger partial charge in [-0.2, -0.15) is 0 Å². The summed E-state index contributed by atoms with van der Waals surface area (Å²) in [6.45, 7) is 0.159. The number of allylic oxidation sites excluding steroid dienone is 1. The molecule has 7 heteroatoms. The Labute approximate surface area is 189 Å². The van der Waals surface area contributed by atoms with Crippen molar-refractivity contribution in [3.8, 4) is 28.7 Å². The molecule has 0 saturated carbocycles. The number of ketones is 1. The highest BCUT2D eigenvalue weighted by Gasteiger charge is 2.39. The molecule has 1 atom stereocenters. The van der Waals surface area contributed by atoms with Crippen LogP contribution in [0.5, 0.6) is 28.7 Å². The van der Waals surface area contributed by atoms with Crippen molar-refractivity contribution in [3.05, 3.63) is 82.6 Å². The molecule has 3 heterocycles. The summed E-state index contributed by atoms with van der Waals surface area (Å²) in [7, 11) is 1.57. The molecule has 3 aromatic rings. The monoisotopic (exact) mass is 442 g/mol. The number of Topliss-reactive ketones (excluding diaryl/α,β-unsaturated/α-hetero) is 1. The van der Waals surface area contributed by atoms with Crippen molar-refractivity contribution in [2.75, 3.05) is 13.9 Å². The first kappa shape index (κ1) is 19.4. The van der Waals surface area contributed by atoms with Gasteiger partial charge < -0.3 is 23.7 Å². The van der Waals surface area contributed by atoms with Crippen LogP contribution in [-0.2, 0) is 4.79 Å². The van der Waals surface area contributed by atoms with Gasteiger partial charge in [0.05, 0.1) is 19.1 Å². The van der Waals surface area contributed by atoms with Gasteiger partial charge in [0.1, 0.15) is 17.2 Å². The number of hydrogen-bond acceptors (Lipinski definition) is 7. The van der Waals surface area contributed by atoms with Crippen molar-refractivity contribution < 1.29 is 33.3 Å². The first-order valence-electron chi connectivity index (χ1n) is 10.5. The number of para-hydroxylation sites is 1. The van der Waals surface area contributed by atoms with Crippen LogP contribution in [0.15, 0.2) is 60.4 Å². The summed E-state index contributed by atoms with van der Waals surface area (Å²) in [6, 6.07) is 16.2. The van der Waals surface area contributed by atoms with Crippen LogP contribution in [0.3, 0.4) is 0 Å². The Bertz CT molecular complexity index is 1350. The zero-order chi connectivity index (χ0) is 22.5. The number of hydrogen-bond donors (Lipinski definition) is 0. The van der Waals surface area contributed by atoms with Gasteiger partial charge in [-0.1, -0.05) is 24.3 Å². The van der Waals surface area contributed by atoms with Gasteiger partial charge in [0.25, 0.3) is 0 Å². The molecule has 7 nitrogen and oxygen atoms in total. The van der Waals surface area contributed by atoms with Crippen molar-refractivity contribution in [1.29, 1.82) is 0 Å². The van der Waals surface area contributed by atoms with Crippen molar-refractivity contribution in [3.63, 3.8) is 0 Å². The van der Waals surface area contributed by atoms with Crippen LogP contribution in [0, 0.1) is 0 Å². The van der Waals surface area contributed by atoms with E-state index in [2.05, 4.69) is 0 Å². The number of carbonyl (C=O) groups excluding carboxylic acids is 2. The summed E-state index contributed by atoms with van der Waals surface area (Å²) in [5, 5.41) is 0. The van der Waals surface area contributed by atoms with E-state index in [0.717, 1.165) is 11.1 Å². The number of ether oxygens (including phenoxy) is 5. The van der Waals surface area contributed by atoms with E-state index in [9.17, 15) is 9.59 Å². The lowest BCUT2D eigenvalue weighted by molar-refractivity contribution is -0.135. The molecule has 33 heavy (non-hydrogen) atoms. The third-order valence-electron chi connectivity index (χ3n) is 6.00. The second kappa shape index (κ2) is 7.41. The molecule has 1 unspecified atom stereocenters. The van der Waals surface area contributed by atoms with Gasteiger partial charge in [0, 0.05) is 17.0 Å². The van der Waals surface area contributed by atoms with E-state index in [1.165, 1.54) is 0 Å². The van der Waals surface area contributed by atoms with Crippen LogP contribution in [0.1, 0.15) is 39.4 Å². The normalized spacial score (nSPS) is 19.1. The van der Waals surface area contributed by atoms with Gasteiger partial charge in [0.2, 0.25) is 12.6 Å². The van der Waals surface area contributed by atoms with Crippen molar-refractivity contribution in [1.82, 2.24) is 0 Å². The SMILES string of the molecule is COc1ccccc1/C=C1\Oc2c(ccc3c2C(c2ccc4c(c2)OCO4)CC(=O)O3)C1=O. The summed E-state index contributed by atoms with van der Waals surface area (Å²) in [5.41, 5.74) is 2.67. The second-order valence-corrected chi connectivity index (χ2v) is 7.88. The maximum atomic E-state index is 13.2. The molecule has 0 saturated heterocycles. The standard InChI is InChI=1S/C26H18O7/c1-29-18-5-3-2-4-15(18)11-22-25(28)16-7-9-20-24(26(16)33-22)17(12-23(27)32-20)14-6-8-19-21(10-14)31-13-30-19/h2-11,17H,12-13H2,1H3/b22-11-. The fraction of sp³-hybridized carbons (Fsp3) is 0.154. The van der Waals surface area contributed by atoms with Crippen LogP contribution in [0.4, 0.5) is 0 Å². The molecule has 0 aromatic heterocycles. The lowest BCUT2D eigenvalue weighted by Gasteiger charge is -2.26. The molecular weight excluding hydrogens is 424 g/mol. The predicted octanol–water partition coefficient (Wildman–Crippen LogP) is 4.48. The van der Waals surface area contributed by atoms with E-state index in [4.69, 9.17) is 23.7 Å². The van der Waals surface area contributed by atoms with Crippen LogP contribution >= 0.6 is 0 Å². The molecule has 0 aliphatic carbocycles. The Morgan fingerprint density at radius 1 is 0.939 bits per heavy atom. The summed E-state index contributed by atoms with van der Waals surface area (Å²) in [4.78, 5) is 25.5. The van der Waals surface area contributed by atoms with Crippen LogP contribution in [0.25, 0.3) is 6.08 Å². The highest BCUT2D eigenvalue weighted by Crippen LogP contribution is 2.50. The van der Waals surface area contributed by atoms with Gasteiger partial charge in [0.15, 0.2) is 17.3 Å². The molecule has 0 amide bonds. The molecule has 164 valence electrons. The Hall–Kier alpha value is -4.26. The number of rotatable bonds is 3. The molecule has 3 aliphatic rings. The van der Waals surface area contributed by atoms with Crippen LogP contribution in [-0.4, -0.2) is 25.7 Å². The fourth-order valence-corrected chi connectivity index (χ4v) is 4.45. The van der Waals surface area contributed by atoms with E-state index >= 15 is 0 Å². The Morgan fingerprint density at radius 3 is 2.64 bits per heavy atom. The third-order valence-corrected chi connectivity index (χ3v) is 6.00. The highest BCUT2D eigenvalue weighted by atomic mass is 16.7. The van der Waals surface area contributed by atoms with Gasteiger partial charge >= 0.3 is 5.97 Å². The molecule has 0 spiro atoms. The Balaban J connectivity index is 1.45. The van der Waals surface area contributed by atoms with Crippen molar-refractivity contribution in [2.45, 2.75) is 12.3 Å². The van der Waals surface area contributed by atoms with Crippen LogP contribution < -0.4 is 23.7 Å². The van der Waals surface area contributed by atoms with Crippen molar-refractivity contribution in [2.24, 2.45) is 0 Å². The molecule has 3 aliphatic heterocycles. The number of carbonyl (C=O) groups is 2. The van der Waals surface area contributed by atoms with Crippen molar-refractivity contribution >= 4 is 17.8 Å². The summed E-state index contributed by atoms with van der Waals surface area (Å²) in [6.07, 6.45) is 1.78. The number of methoxy groups -OCH3 is 1. The molecule has 0 radical (unpaired) electrons. The minimum atomic E-state index is -0.357. The predicted molar refractivity (Wildman–Crippen MR) is 117 cm³/mol. The van der Waals surface area contributed by atoms with Crippen LogP contribution in [0.2, 0.25) is 0 Å². The highest BCUT2D eigenvalue weighted by molar-refractivity contribution is 6.15. The lowest BCUT2D eigenvalue weighted by Crippen LogP contribution is -2.21. The Kier molecular flexibility index (Phi) is 4.36. The van der Waals surface area contributed by atoms with E-state index in [1.807, 2.05) is 42.5 Å². The number of benzene rings is 3. The fourth-order valence-electron chi connectivity index (χ4n) is 4.45. The van der Waals surface area contributed by atoms with E-state index < -0.39 is 0 Å². The molecule has 0 N–H and O–H groups in total. The summed E-state index contributed by atoms with van der Waals surface area (Å²) in [5.74, 6) is 1.95. The topological polar surface area (TPSA) is 80.3 Å². The average Bonchev–Trinajstić information content (AvgIpc) is 3.42. The molecule has 3 aromatic carbocycles. The Morgan fingerprint density at radius 2 is 1.76 bits per heavy atom. The van der Waals surface area contributed by atoms with Gasteiger partial charge in [-0.25, -0.2) is 0 Å². The average molecular weight is 442 g/mol. The first-order chi connectivity index (χ1) is 16.1. The molecular formula is C26H18O7. The lowest BCUT2D eigenvalue weighted by atomic mass is 9.84. The zero-order valence-electron chi connectivity index (χ0n) is 17.6. The maximum absolute atomic E-state index is 13.2. The number of esters is 1. The van der Waals surface area contributed by atoms with Gasteiger partial charge in [-0.15, -0.1) is 0 Å². The number of fused-ring (bicyclic) bond motifs is 4. The molecule has 6 rings (SSSR count). The zero-order valence-corrected chi connectivity index (χ0v) is 17.6. The summed E-state index contributed by atoms with van der Waals surface area (Å²) >= 11 is 0. The first-order valence-corrected chi connectivity index (χ1v) is 10.5. The minimum absolute atomic E-state index is 0.117. The molecule has 0 bridgehead atoms. The van der Waals surface area contributed by atoms with Gasteiger partial charge in [-0.3, -0.25) is 9.59 Å². The quantitative estimate of drug-likeness (QED) is 0.336. The minimum Gasteiger partial charge on any atom is -0.496 e. The summed E-state index contributed by atoms with van der Waals surface area (Å²) < 4.78 is 27.9. The largest absolute Gasteiger partial charge is 0.496 e. The maximum Gasteiger partial charge on any atom is 0.312 e. The van der Waals surface area contributed by atoms with Gasteiger partial charge in [-0.05, 0) is 42.0 Å². The smallest absolute Gasteiger partial charge is 0.312 e. The second-order valence-electron chi connectivity index (χ2n) is 7.88. The van der Waals surface area contributed by atoms with E-state index in [1.54, 1.807) is 25.3 Å².